The molecule has 2 rings (SSSR count). The summed E-state index contributed by atoms with van der Waals surface area (Å²) in [6, 6.07) is 7.07. The summed E-state index contributed by atoms with van der Waals surface area (Å²) in [6.07, 6.45) is 0. The first-order valence-electron chi connectivity index (χ1n) is 6.60. The number of hydrogen-bond acceptors (Lipinski definition) is 2. The highest BCUT2D eigenvalue weighted by Gasteiger charge is 2.17. The molecule has 0 spiro atoms. The van der Waals surface area contributed by atoms with Crippen molar-refractivity contribution in [1.82, 2.24) is 15.1 Å². The normalized spacial score (nSPS) is 12.7. The molecule has 1 atom stereocenters. The fourth-order valence-corrected chi connectivity index (χ4v) is 2.42. The van der Waals surface area contributed by atoms with Crippen LogP contribution in [0, 0.1) is 19.7 Å². The summed E-state index contributed by atoms with van der Waals surface area (Å²) in [5.41, 5.74) is 3.41. The Bertz CT molecular complexity index is 575. The Labute approximate surface area is 113 Å². The molecule has 1 N–H and O–H groups in total. The molecule has 19 heavy (non-hydrogen) atoms. The van der Waals surface area contributed by atoms with Crippen LogP contribution in [0.5, 0.6) is 0 Å². The quantitative estimate of drug-likeness (QED) is 0.915. The van der Waals surface area contributed by atoms with Crippen molar-refractivity contribution in [2.45, 2.75) is 33.7 Å². The fourth-order valence-electron chi connectivity index (χ4n) is 2.42. The number of hydrogen-bond donors (Lipinski definition) is 1. The minimum atomic E-state index is -0.196. The summed E-state index contributed by atoms with van der Waals surface area (Å²) in [5.74, 6) is -0.196. The SMILES string of the molecule is CCNC(C)c1c(F)cccc1-n1nc(C)cc1C. The van der Waals surface area contributed by atoms with Gasteiger partial charge in [0, 0.05) is 17.3 Å². The van der Waals surface area contributed by atoms with E-state index in [0.29, 0.717) is 5.56 Å². The first-order chi connectivity index (χ1) is 9.04. The molecule has 0 radical (unpaired) electrons. The van der Waals surface area contributed by atoms with Crippen LogP contribution >= 0.6 is 0 Å². The Morgan fingerprint density at radius 3 is 2.68 bits per heavy atom. The Hall–Kier alpha value is -1.68. The average Bonchev–Trinajstić information content (AvgIpc) is 2.68. The van der Waals surface area contributed by atoms with Gasteiger partial charge in [-0.3, -0.25) is 0 Å². The summed E-state index contributed by atoms with van der Waals surface area (Å²) in [6.45, 7) is 8.70. The van der Waals surface area contributed by atoms with E-state index in [4.69, 9.17) is 0 Å². The predicted molar refractivity (Wildman–Crippen MR) is 75.1 cm³/mol. The minimum Gasteiger partial charge on any atom is -0.310 e. The van der Waals surface area contributed by atoms with Gasteiger partial charge in [0.25, 0.3) is 0 Å². The molecule has 2 aromatic rings. The highest BCUT2D eigenvalue weighted by molar-refractivity contribution is 5.44. The number of aromatic nitrogens is 2. The van der Waals surface area contributed by atoms with Crippen LogP contribution in [0.1, 0.15) is 36.8 Å². The van der Waals surface area contributed by atoms with Crippen molar-refractivity contribution >= 4 is 0 Å². The lowest BCUT2D eigenvalue weighted by atomic mass is 10.0. The van der Waals surface area contributed by atoms with Gasteiger partial charge >= 0.3 is 0 Å². The lowest BCUT2D eigenvalue weighted by molar-refractivity contribution is 0.536. The number of aryl methyl sites for hydroxylation is 2. The van der Waals surface area contributed by atoms with Crippen molar-refractivity contribution < 1.29 is 4.39 Å². The molecule has 0 amide bonds. The second-order valence-corrected chi connectivity index (χ2v) is 4.79. The smallest absolute Gasteiger partial charge is 0.130 e. The van der Waals surface area contributed by atoms with Crippen molar-refractivity contribution in [3.63, 3.8) is 0 Å². The monoisotopic (exact) mass is 261 g/mol. The number of benzene rings is 1. The van der Waals surface area contributed by atoms with Crippen LogP contribution in [0.4, 0.5) is 4.39 Å². The Balaban J connectivity index is 2.57. The highest BCUT2D eigenvalue weighted by atomic mass is 19.1. The van der Waals surface area contributed by atoms with E-state index in [1.54, 1.807) is 6.07 Å². The molecule has 4 heteroatoms. The van der Waals surface area contributed by atoms with Gasteiger partial charge in [-0.1, -0.05) is 13.0 Å². The lowest BCUT2D eigenvalue weighted by Gasteiger charge is -2.18. The van der Waals surface area contributed by atoms with E-state index in [9.17, 15) is 4.39 Å². The molecule has 0 fully saturated rings. The Morgan fingerprint density at radius 2 is 2.11 bits per heavy atom. The number of nitrogens with zero attached hydrogens (tertiary/aromatic N) is 2. The second-order valence-electron chi connectivity index (χ2n) is 4.79. The summed E-state index contributed by atoms with van der Waals surface area (Å²) in [5, 5.41) is 7.70. The molecule has 102 valence electrons. The van der Waals surface area contributed by atoms with Crippen LogP contribution < -0.4 is 5.32 Å². The van der Waals surface area contributed by atoms with Gasteiger partial charge in [0.2, 0.25) is 0 Å². The third-order valence-electron chi connectivity index (χ3n) is 3.21. The van der Waals surface area contributed by atoms with E-state index in [0.717, 1.165) is 23.6 Å². The Kier molecular flexibility index (Phi) is 4.00. The van der Waals surface area contributed by atoms with Crippen molar-refractivity contribution in [2.75, 3.05) is 6.54 Å². The summed E-state index contributed by atoms with van der Waals surface area (Å²) < 4.78 is 16.0. The third-order valence-corrected chi connectivity index (χ3v) is 3.21. The molecule has 1 unspecified atom stereocenters. The van der Waals surface area contributed by atoms with Crippen molar-refractivity contribution in [2.24, 2.45) is 0 Å². The van der Waals surface area contributed by atoms with E-state index in [-0.39, 0.29) is 11.9 Å². The molecule has 0 aliphatic rings. The van der Waals surface area contributed by atoms with Crippen molar-refractivity contribution in [3.8, 4) is 5.69 Å². The van der Waals surface area contributed by atoms with Crippen molar-refractivity contribution in [3.05, 3.63) is 47.0 Å². The molecular weight excluding hydrogens is 241 g/mol. The van der Waals surface area contributed by atoms with Crippen LogP contribution in [-0.4, -0.2) is 16.3 Å². The van der Waals surface area contributed by atoms with Gasteiger partial charge in [0.1, 0.15) is 5.82 Å². The van der Waals surface area contributed by atoms with E-state index < -0.39 is 0 Å². The summed E-state index contributed by atoms with van der Waals surface area (Å²) in [4.78, 5) is 0. The van der Waals surface area contributed by atoms with Gasteiger partial charge in [-0.15, -0.1) is 0 Å². The van der Waals surface area contributed by atoms with E-state index in [2.05, 4.69) is 10.4 Å². The Morgan fingerprint density at radius 1 is 1.37 bits per heavy atom. The maximum absolute atomic E-state index is 14.2. The maximum atomic E-state index is 14.2. The number of halogens is 1. The number of rotatable bonds is 4. The minimum absolute atomic E-state index is 0.0508. The van der Waals surface area contributed by atoms with Crippen molar-refractivity contribution in [1.29, 1.82) is 0 Å². The molecule has 1 heterocycles. The largest absolute Gasteiger partial charge is 0.310 e. The fraction of sp³-hybridized carbons (Fsp3) is 0.400. The zero-order valence-electron chi connectivity index (χ0n) is 11.9. The molecule has 0 aliphatic carbocycles. The van der Waals surface area contributed by atoms with Gasteiger partial charge < -0.3 is 5.32 Å². The van der Waals surface area contributed by atoms with Crippen LogP contribution in [0.3, 0.4) is 0 Å². The molecule has 0 aliphatic heterocycles. The molecule has 3 nitrogen and oxygen atoms in total. The predicted octanol–water partition coefficient (Wildman–Crippen LogP) is 3.30. The van der Waals surface area contributed by atoms with Gasteiger partial charge in [0.05, 0.1) is 11.4 Å². The van der Waals surface area contributed by atoms with E-state index in [1.807, 2.05) is 44.5 Å². The summed E-state index contributed by atoms with van der Waals surface area (Å²) >= 11 is 0. The maximum Gasteiger partial charge on any atom is 0.130 e. The third kappa shape index (κ3) is 2.68. The molecule has 1 aromatic carbocycles. The topological polar surface area (TPSA) is 29.9 Å². The van der Waals surface area contributed by atoms with Gasteiger partial charge in [0.15, 0.2) is 0 Å². The number of nitrogens with one attached hydrogen (secondary N) is 1. The van der Waals surface area contributed by atoms with Crippen LogP contribution in [0.2, 0.25) is 0 Å². The van der Waals surface area contributed by atoms with Gasteiger partial charge in [-0.2, -0.15) is 5.10 Å². The summed E-state index contributed by atoms with van der Waals surface area (Å²) in [7, 11) is 0. The van der Waals surface area contributed by atoms with Gasteiger partial charge in [-0.25, -0.2) is 9.07 Å². The van der Waals surface area contributed by atoms with Crippen LogP contribution in [0.25, 0.3) is 5.69 Å². The zero-order chi connectivity index (χ0) is 14.0. The van der Waals surface area contributed by atoms with E-state index in [1.165, 1.54) is 6.07 Å². The molecule has 0 saturated heterocycles. The average molecular weight is 261 g/mol. The van der Waals surface area contributed by atoms with E-state index >= 15 is 0 Å². The zero-order valence-corrected chi connectivity index (χ0v) is 11.9. The van der Waals surface area contributed by atoms with Gasteiger partial charge in [-0.05, 0) is 45.5 Å². The second kappa shape index (κ2) is 5.53. The van der Waals surface area contributed by atoms with Crippen LogP contribution in [0.15, 0.2) is 24.3 Å². The standard InChI is InChI=1S/C15H20FN3/c1-5-17-12(4)15-13(16)7-6-8-14(15)19-11(3)9-10(2)18-19/h6-9,12,17H,5H2,1-4H3. The molecule has 0 saturated carbocycles. The molecule has 0 bridgehead atoms. The highest BCUT2D eigenvalue weighted by Crippen LogP contribution is 2.25. The van der Waals surface area contributed by atoms with Crippen LogP contribution in [-0.2, 0) is 0 Å². The molecule has 1 aromatic heterocycles. The first-order valence-corrected chi connectivity index (χ1v) is 6.60. The molecular formula is C15H20FN3. The lowest BCUT2D eigenvalue weighted by Crippen LogP contribution is -2.21. The first kappa shape index (κ1) is 13.7.